The molecule has 186 valence electrons. The van der Waals surface area contributed by atoms with Crippen molar-refractivity contribution in [2.75, 3.05) is 63.3 Å². The van der Waals surface area contributed by atoms with E-state index in [0.29, 0.717) is 5.82 Å². The molecular formula is C27H31N7O2. The van der Waals surface area contributed by atoms with E-state index in [1.165, 1.54) is 5.69 Å². The van der Waals surface area contributed by atoms with E-state index >= 15 is 0 Å². The molecule has 0 spiro atoms. The molecule has 9 heteroatoms. The van der Waals surface area contributed by atoms with Crippen LogP contribution in [0.5, 0.6) is 5.88 Å². The number of aromatic nitrogens is 4. The Balaban J connectivity index is 1.20. The van der Waals surface area contributed by atoms with Gasteiger partial charge in [0.05, 0.1) is 18.9 Å². The Hall–Kier alpha value is -3.69. The lowest BCUT2D eigenvalue weighted by Gasteiger charge is -2.36. The number of ether oxygens (including phenoxy) is 2. The van der Waals surface area contributed by atoms with Gasteiger partial charge in [0, 0.05) is 87.1 Å². The van der Waals surface area contributed by atoms with Crippen molar-refractivity contribution in [1.29, 1.82) is 0 Å². The molecule has 4 aromatic rings. The van der Waals surface area contributed by atoms with E-state index in [2.05, 4.69) is 55.4 Å². The summed E-state index contributed by atoms with van der Waals surface area (Å²) < 4.78 is 12.9. The topological polar surface area (TPSA) is 80.0 Å². The van der Waals surface area contributed by atoms with Gasteiger partial charge < -0.3 is 24.1 Å². The number of methoxy groups -OCH3 is 1. The summed E-state index contributed by atoms with van der Waals surface area (Å²) in [6, 6.07) is 10.7. The monoisotopic (exact) mass is 485 g/mol. The molecule has 1 aromatic carbocycles. The summed E-state index contributed by atoms with van der Waals surface area (Å²) in [4.78, 5) is 18.9. The first-order valence-corrected chi connectivity index (χ1v) is 12.6. The molecule has 5 heterocycles. The smallest absolute Gasteiger partial charge is 0.216 e. The molecule has 0 atom stereocenters. The number of imidazole rings is 1. The molecule has 2 aliphatic heterocycles. The van der Waals surface area contributed by atoms with Crippen molar-refractivity contribution < 1.29 is 9.47 Å². The normalized spacial score (nSPS) is 16.1. The Labute approximate surface area is 210 Å². The third-order valence-corrected chi connectivity index (χ3v) is 6.90. The van der Waals surface area contributed by atoms with Gasteiger partial charge in [0.15, 0.2) is 11.5 Å². The van der Waals surface area contributed by atoms with Crippen molar-refractivity contribution >= 4 is 22.8 Å². The lowest BCUT2D eigenvalue weighted by molar-refractivity contribution is 0.144. The zero-order chi connectivity index (χ0) is 24.3. The molecule has 6 rings (SSSR count). The fraction of sp³-hybridized carbons (Fsp3) is 0.370. The van der Waals surface area contributed by atoms with Gasteiger partial charge in [0.2, 0.25) is 5.88 Å². The van der Waals surface area contributed by atoms with Crippen LogP contribution in [0.2, 0.25) is 0 Å². The summed E-state index contributed by atoms with van der Waals surface area (Å²) in [5.41, 5.74) is 5.94. The first-order valence-electron chi connectivity index (χ1n) is 12.6. The Morgan fingerprint density at radius 2 is 1.94 bits per heavy atom. The van der Waals surface area contributed by atoms with Crippen LogP contribution in [0, 0.1) is 0 Å². The number of benzene rings is 1. The Kier molecular flexibility index (Phi) is 6.40. The van der Waals surface area contributed by atoms with E-state index in [0.717, 1.165) is 92.8 Å². The molecular weight excluding hydrogens is 454 g/mol. The van der Waals surface area contributed by atoms with E-state index in [9.17, 15) is 0 Å². The van der Waals surface area contributed by atoms with Crippen LogP contribution < -0.4 is 15.0 Å². The quantitative estimate of drug-likeness (QED) is 0.425. The average molecular weight is 486 g/mol. The third kappa shape index (κ3) is 4.72. The summed E-state index contributed by atoms with van der Waals surface area (Å²) in [5.74, 6) is 1.45. The fourth-order valence-corrected chi connectivity index (χ4v) is 4.88. The molecule has 9 nitrogen and oxygen atoms in total. The standard InChI is InChI=1S/C27H31N7O2/c1-35-16-14-32-10-12-33(13-11-32)23-6-4-22(5-7-23)30-25-26-28-8-9-34(26)19-24(31-25)21-17-20-3-2-15-36-27(20)29-18-21/h4-9,17-19H,2-3,10-16H2,1H3,(H,30,31). The highest BCUT2D eigenvalue weighted by atomic mass is 16.5. The molecule has 2 aliphatic rings. The minimum Gasteiger partial charge on any atom is -0.477 e. The number of rotatable bonds is 7. The molecule has 0 unspecified atom stereocenters. The van der Waals surface area contributed by atoms with Gasteiger partial charge in [0.25, 0.3) is 0 Å². The largest absolute Gasteiger partial charge is 0.477 e. The predicted octanol–water partition coefficient (Wildman–Crippen LogP) is 3.63. The maximum absolute atomic E-state index is 5.68. The number of hydrogen-bond donors (Lipinski definition) is 1. The number of piperazine rings is 1. The van der Waals surface area contributed by atoms with Crippen molar-refractivity contribution in [2.45, 2.75) is 12.8 Å². The predicted molar refractivity (Wildman–Crippen MR) is 140 cm³/mol. The van der Waals surface area contributed by atoms with Crippen LogP contribution in [-0.4, -0.2) is 77.3 Å². The Morgan fingerprint density at radius 1 is 1.08 bits per heavy atom. The summed E-state index contributed by atoms with van der Waals surface area (Å²) in [6.07, 6.45) is 9.55. The number of hydrogen-bond acceptors (Lipinski definition) is 8. The van der Waals surface area contributed by atoms with Crippen LogP contribution in [0.25, 0.3) is 16.9 Å². The van der Waals surface area contributed by atoms with Crippen LogP contribution in [0.15, 0.2) is 55.1 Å². The van der Waals surface area contributed by atoms with Crippen molar-refractivity contribution in [2.24, 2.45) is 0 Å². The minimum absolute atomic E-state index is 0.714. The van der Waals surface area contributed by atoms with Gasteiger partial charge in [-0.05, 0) is 43.2 Å². The second-order valence-electron chi connectivity index (χ2n) is 9.27. The number of nitrogens with zero attached hydrogens (tertiary/aromatic N) is 6. The van der Waals surface area contributed by atoms with E-state index in [-0.39, 0.29) is 0 Å². The molecule has 36 heavy (non-hydrogen) atoms. The zero-order valence-corrected chi connectivity index (χ0v) is 20.6. The highest BCUT2D eigenvalue weighted by molar-refractivity contribution is 5.74. The van der Waals surface area contributed by atoms with Gasteiger partial charge in [-0.15, -0.1) is 0 Å². The van der Waals surface area contributed by atoms with Crippen molar-refractivity contribution in [1.82, 2.24) is 24.3 Å². The lowest BCUT2D eigenvalue weighted by Crippen LogP contribution is -2.47. The van der Waals surface area contributed by atoms with Crippen LogP contribution in [0.4, 0.5) is 17.2 Å². The van der Waals surface area contributed by atoms with Gasteiger partial charge in [-0.1, -0.05) is 0 Å². The summed E-state index contributed by atoms with van der Waals surface area (Å²) in [6.45, 7) is 6.68. The number of aryl methyl sites for hydroxylation is 1. The fourth-order valence-electron chi connectivity index (χ4n) is 4.88. The van der Waals surface area contributed by atoms with E-state index < -0.39 is 0 Å². The summed E-state index contributed by atoms with van der Waals surface area (Å²) >= 11 is 0. The van der Waals surface area contributed by atoms with Gasteiger partial charge >= 0.3 is 0 Å². The first-order chi connectivity index (χ1) is 17.8. The maximum atomic E-state index is 5.68. The van der Waals surface area contributed by atoms with E-state index in [4.69, 9.17) is 14.5 Å². The molecule has 1 fully saturated rings. The Bertz CT molecular complexity index is 1330. The van der Waals surface area contributed by atoms with Crippen LogP contribution in [0.1, 0.15) is 12.0 Å². The number of nitrogens with one attached hydrogen (secondary N) is 1. The van der Waals surface area contributed by atoms with Gasteiger partial charge in [-0.3, -0.25) is 4.90 Å². The van der Waals surface area contributed by atoms with Crippen molar-refractivity contribution in [3.8, 4) is 17.1 Å². The molecule has 0 saturated carbocycles. The van der Waals surface area contributed by atoms with Crippen molar-refractivity contribution in [3.05, 3.63) is 60.7 Å². The zero-order valence-electron chi connectivity index (χ0n) is 20.6. The van der Waals surface area contributed by atoms with E-state index in [1.54, 1.807) is 13.3 Å². The summed E-state index contributed by atoms with van der Waals surface area (Å²) in [7, 11) is 1.76. The average Bonchev–Trinajstić information content (AvgIpc) is 3.42. The van der Waals surface area contributed by atoms with Gasteiger partial charge in [0.1, 0.15) is 0 Å². The molecule has 1 saturated heterocycles. The molecule has 3 aromatic heterocycles. The molecule has 0 radical (unpaired) electrons. The van der Waals surface area contributed by atoms with Crippen LogP contribution >= 0.6 is 0 Å². The van der Waals surface area contributed by atoms with Crippen LogP contribution in [-0.2, 0) is 11.2 Å². The minimum atomic E-state index is 0.714. The SMILES string of the molecule is COCCN1CCN(c2ccc(Nc3nc(-c4cnc5c(c4)CCCO5)cn4ccnc34)cc2)CC1. The van der Waals surface area contributed by atoms with E-state index in [1.807, 2.05) is 23.0 Å². The van der Waals surface area contributed by atoms with Gasteiger partial charge in [-0.2, -0.15) is 0 Å². The first kappa shape index (κ1) is 22.8. The maximum Gasteiger partial charge on any atom is 0.216 e. The van der Waals surface area contributed by atoms with Gasteiger partial charge in [-0.25, -0.2) is 15.0 Å². The number of pyridine rings is 1. The molecule has 0 aliphatic carbocycles. The second kappa shape index (κ2) is 10.1. The molecule has 1 N–H and O–H groups in total. The highest BCUT2D eigenvalue weighted by Gasteiger charge is 2.18. The van der Waals surface area contributed by atoms with Crippen LogP contribution in [0.3, 0.4) is 0 Å². The highest BCUT2D eigenvalue weighted by Crippen LogP contribution is 2.29. The van der Waals surface area contributed by atoms with Crippen molar-refractivity contribution in [3.63, 3.8) is 0 Å². The summed E-state index contributed by atoms with van der Waals surface area (Å²) in [5, 5.41) is 3.49. The number of fused-ring (bicyclic) bond motifs is 2. The molecule has 0 bridgehead atoms. The lowest BCUT2D eigenvalue weighted by atomic mass is 10.1. The molecule has 0 amide bonds. The number of anilines is 3. The second-order valence-corrected chi connectivity index (χ2v) is 9.27. The third-order valence-electron chi connectivity index (χ3n) is 6.90. The Morgan fingerprint density at radius 3 is 2.78 bits per heavy atom.